The van der Waals surface area contributed by atoms with E-state index in [1.54, 1.807) is 42.5 Å². The van der Waals surface area contributed by atoms with Gasteiger partial charge in [0.15, 0.2) is 0 Å². The molecule has 0 heterocycles. The van der Waals surface area contributed by atoms with E-state index in [1.165, 1.54) is 5.56 Å². The lowest BCUT2D eigenvalue weighted by atomic mass is 10.1. The summed E-state index contributed by atoms with van der Waals surface area (Å²) in [6.45, 7) is 0.534. The molecule has 3 aromatic carbocycles. The Morgan fingerprint density at radius 2 is 1.73 bits per heavy atom. The second-order valence-corrected chi connectivity index (χ2v) is 5.72. The van der Waals surface area contributed by atoms with Crippen molar-refractivity contribution in [2.45, 2.75) is 6.42 Å². The lowest BCUT2D eigenvalue weighted by Gasteiger charge is -2.09. The molecule has 3 aromatic rings. The first-order chi connectivity index (χ1) is 12.8. The lowest BCUT2D eigenvalue weighted by molar-refractivity contribution is 0.102. The molecule has 0 unspecified atom stereocenters. The van der Waals surface area contributed by atoms with Crippen molar-refractivity contribution in [1.29, 1.82) is 5.26 Å². The molecule has 0 aliphatic carbocycles. The van der Waals surface area contributed by atoms with Gasteiger partial charge in [-0.3, -0.25) is 4.79 Å². The van der Waals surface area contributed by atoms with Crippen molar-refractivity contribution in [1.82, 2.24) is 0 Å². The van der Waals surface area contributed by atoms with Gasteiger partial charge in [-0.2, -0.15) is 5.26 Å². The molecule has 0 aromatic heterocycles. The van der Waals surface area contributed by atoms with E-state index < -0.39 is 0 Å². The standard InChI is InChI=1S/C22H18N2O2/c23-16-19-9-4-5-12-21(19)24-22(25)18-10-6-11-20(15-18)26-14-13-17-7-2-1-3-8-17/h1-12,15H,13-14H2,(H,24,25). The Hall–Kier alpha value is -3.58. The Morgan fingerprint density at radius 1 is 0.962 bits per heavy atom. The van der Waals surface area contributed by atoms with E-state index in [0.717, 1.165) is 6.42 Å². The number of anilines is 1. The normalized spacial score (nSPS) is 9.96. The molecule has 1 amide bonds. The number of ether oxygens (including phenoxy) is 1. The van der Waals surface area contributed by atoms with Gasteiger partial charge < -0.3 is 10.1 Å². The van der Waals surface area contributed by atoms with Crippen molar-refractivity contribution in [2.75, 3.05) is 11.9 Å². The first-order valence-electron chi connectivity index (χ1n) is 8.33. The minimum Gasteiger partial charge on any atom is -0.493 e. The summed E-state index contributed by atoms with van der Waals surface area (Å²) < 4.78 is 5.76. The minimum absolute atomic E-state index is 0.277. The highest BCUT2D eigenvalue weighted by molar-refractivity contribution is 6.05. The molecule has 1 N–H and O–H groups in total. The predicted octanol–water partition coefficient (Wildman–Crippen LogP) is 4.43. The molecule has 128 valence electrons. The molecule has 3 rings (SSSR count). The maximum Gasteiger partial charge on any atom is 0.255 e. The molecule has 0 saturated carbocycles. The number of nitrogens with one attached hydrogen (secondary N) is 1. The highest BCUT2D eigenvalue weighted by Gasteiger charge is 2.09. The van der Waals surface area contributed by atoms with Crippen molar-refractivity contribution < 1.29 is 9.53 Å². The fraction of sp³-hybridized carbons (Fsp3) is 0.0909. The first-order valence-corrected chi connectivity index (χ1v) is 8.33. The molecule has 26 heavy (non-hydrogen) atoms. The van der Waals surface area contributed by atoms with E-state index in [4.69, 9.17) is 10.00 Å². The van der Waals surface area contributed by atoms with Crippen LogP contribution in [0.5, 0.6) is 5.75 Å². The Bertz CT molecular complexity index is 930. The van der Waals surface area contributed by atoms with Crippen LogP contribution in [0.25, 0.3) is 0 Å². The van der Waals surface area contributed by atoms with Gasteiger partial charge in [0.25, 0.3) is 5.91 Å². The zero-order valence-electron chi connectivity index (χ0n) is 14.2. The number of nitrogens with zero attached hydrogens (tertiary/aromatic N) is 1. The average molecular weight is 342 g/mol. The fourth-order valence-corrected chi connectivity index (χ4v) is 2.54. The van der Waals surface area contributed by atoms with Gasteiger partial charge in [-0.1, -0.05) is 48.5 Å². The van der Waals surface area contributed by atoms with Crippen LogP contribution in [-0.2, 0) is 6.42 Å². The average Bonchev–Trinajstić information content (AvgIpc) is 2.69. The van der Waals surface area contributed by atoms with Crippen LogP contribution >= 0.6 is 0 Å². The summed E-state index contributed by atoms with van der Waals surface area (Å²) in [7, 11) is 0. The highest BCUT2D eigenvalue weighted by atomic mass is 16.5. The van der Waals surface area contributed by atoms with E-state index >= 15 is 0 Å². The molecule has 0 fully saturated rings. The van der Waals surface area contributed by atoms with Crippen LogP contribution in [0.2, 0.25) is 0 Å². The molecule has 0 saturated heterocycles. The maximum atomic E-state index is 12.5. The van der Waals surface area contributed by atoms with Crippen LogP contribution in [0.15, 0.2) is 78.9 Å². The van der Waals surface area contributed by atoms with Crippen molar-refractivity contribution in [3.8, 4) is 11.8 Å². The van der Waals surface area contributed by atoms with E-state index in [-0.39, 0.29) is 5.91 Å². The number of hydrogen-bond donors (Lipinski definition) is 1. The van der Waals surface area contributed by atoms with Crippen LogP contribution in [0.4, 0.5) is 5.69 Å². The molecule has 0 bridgehead atoms. The monoisotopic (exact) mass is 342 g/mol. The maximum absolute atomic E-state index is 12.5. The quantitative estimate of drug-likeness (QED) is 0.721. The lowest BCUT2D eigenvalue weighted by Crippen LogP contribution is -2.13. The summed E-state index contributed by atoms with van der Waals surface area (Å²) in [5, 5.41) is 11.9. The number of rotatable bonds is 6. The molecule has 0 radical (unpaired) electrons. The summed E-state index contributed by atoms with van der Waals surface area (Å²) in [6.07, 6.45) is 0.798. The van der Waals surface area contributed by atoms with Crippen LogP contribution < -0.4 is 10.1 Å². The Labute approximate surface area is 152 Å². The Balaban J connectivity index is 1.63. The molecule has 0 spiro atoms. The van der Waals surface area contributed by atoms with Gasteiger partial charge in [-0.25, -0.2) is 0 Å². The first kappa shape index (κ1) is 17.2. The van der Waals surface area contributed by atoms with Gasteiger partial charge in [-0.15, -0.1) is 0 Å². The number of hydrogen-bond acceptors (Lipinski definition) is 3. The van der Waals surface area contributed by atoms with E-state index in [1.807, 2.05) is 24.3 Å². The smallest absolute Gasteiger partial charge is 0.255 e. The van der Waals surface area contributed by atoms with Crippen LogP contribution in [0, 0.1) is 11.3 Å². The largest absolute Gasteiger partial charge is 0.493 e. The summed E-state index contributed by atoms with van der Waals surface area (Å²) in [5.41, 5.74) is 2.61. The third-order valence-electron chi connectivity index (χ3n) is 3.89. The van der Waals surface area contributed by atoms with Gasteiger partial charge in [-0.05, 0) is 35.9 Å². The molecule has 0 aliphatic heterocycles. The van der Waals surface area contributed by atoms with E-state index in [9.17, 15) is 4.79 Å². The predicted molar refractivity (Wildman–Crippen MR) is 101 cm³/mol. The number of nitriles is 1. The zero-order chi connectivity index (χ0) is 18.2. The second-order valence-electron chi connectivity index (χ2n) is 5.72. The topological polar surface area (TPSA) is 62.1 Å². The number of carbonyl (C=O) groups excluding carboxylic acids is 1. The van der Waals surface area contributed by atoms with Gasteiger partial charge in [0.05, 0.1) is 17.9 Å². The second kappa shape index (κ2) is 8.50. The van der Waals surface area contributed by atoms with Crippen molar-refractivity contribution in [3.63, 3.8) is 0 Å². The van der Waals surface area contributed by atoms with Crippen molar-refractivity contribution >= 4 is 11.6 Å². The van der Waals surface area contributed by atoms with E-state index in [2.05, 4.69) is 23.5 Å². The van der Waals surface area contributed by atoms with Crippen LogP contribution in [0.1, 0.15) is 21.5 Å². The SMILES string of the molecule is N#Cc1ccccc1NC(=O)c1cccc(OCCc2ccccc2)c1. The number of benzene rings is 3. The summed E-state index contributed by atoms with van der Waals surface area (Å²) in [6, 6.07) is 26.1. The molecular weight excluding hydrogens is 324 g/mol. The number of amides is 1. The fourth-order valence-electron chi connectivity index (χ4n) is 2.54. The molecule has 0 aliphatic rings. The molecule has 4 nitrogen and oxygen atoms in total. The Morgan fingerprint density at radius 3 is 2.54 bits per heavy atom. The van der Waals surface area contributed by atoms with Gasteiger partial charge >= 0.3 is 0 Å². The number of para-hydroxylation sites is 1. The zero-order valence-corrected chi connectivity index (χ0v) is 14.2. The number of carbonyl (C=O) groups is 1. The third kappa shape index (κ3) is 4.49. The minimum atomic E-state index is -0.277. The summed E-state index contributed by atoms with van der Waals surface area (Å²) in [5.74, 6) is 0.364. The highest BCUT2D eigenvalue weighted by Crippen LogP contribution is 2.18. The summed E-state index contributed by atoms with van der Waals surface area (Å²) in [4.78, 5) is 12.5. The molecule has 0 atom stereocenters. The summed E-state index contributed by atoms with van der Waals surface area (Å²) >= 11 is 0. The Kier molecular flexibility index (Phi) is 5.64. The van der Waals surface area contributed by atoms with E-state index in [0.29, 0.717) is 29.2 Å². The third-order valence-corrected chi connectivity index (χ3v) is 3.89. The van der Waals surface area contributed by atoms with Gasteiger partial charge in [0.2, 0.25) is 0 Å². The van der Waals surface area contributed by atoms with Gasteiger partial charge in [0.1, 0.15) is 11.8 Å². The van der Waals surface area contributed by atoms with Crippen molar-refractivity contribution in [2.24, 2.45) is 0 Å². The molecule has 4 heteroatoms. The van der Waals surface area contributed by atoms with Gasteiger partial charge in [0, 0.05) is 12.0 Å². The van der Waals surface area contributed by atoms with Crippen LogP contribution in [0.3, 0.4) is 0 Å². The van der Waals surface area contributed by atoms with Crippen LogP contribution in [-0.4, -0.2) is 12.5 Å². The molecular formula is C22H18N2O2. The van der Waals surface area contributed by atoms with Crippen molar-refractivity contribution in [3.05, 3.63) is 95.6 Å².